The molecule has 110 valence electrons. The van der Waals surface area contributed by atoms with E-state index in [9.17, 15) is 19.2 Å². The van der Waals surface area contributed by atoms with Crippen LogP contribution in [0, 0.1) is 0 Å². The van der Waals surface area contributed by atoms with Crippen LogP contribution in [0.5, 0.6) is 0 Å². The van der Waals surface area contributed by atoms with E-state index in [0.717, 1.165) is 0 Å². The zero-order valence-electron chi connectivity index (χ0n) is 13.0. The number of ketones is 4. The van der Waals surface area contributed by atoms with Crippen LogP contribution in [-0.2, 0) is 19.2 Å². The van der Waals surface area contributed by atoms with Crippen molar-refractivity contribution in [3.8, 4) is 0 Å². The van der Waals surface area contributed by atoms with Gasteiger partial charge in [-0.05, 0) is 27.7 Å². The maximum atomic E-state index is 10.0. The molecular formula is C14H26O4Sn. The Labute approximate surface area is 126 Å². The quantitative estimate of drug-likeness (QED) is 0.527. The number of hydrogen-bond donors (Lipinski definition) is 0. The van der Waals surface area contributed by atoms with E-state index in [2.05, 4.69) is 13.8 Å². The van der Waals surface area contributed by atoms with Crippen molar-refractivity contribution >= 4 is 44.3 Å². The number of carbonyl (C=O) groups is 4. The molecule has 0 amide bonds. The molecule has 0 N–H and O–H groups in total. The van der Waals surface area contributed by atoms with Gasteiger partial charge in [-0.25, -0.2) is 0 Å². The third-order valence-corrected chi connectivity index (χ3v) is 4.35. The van der Waals surface area contributed by atoms with Gasteiger partial charge < -0.3 is 0 Å². The van der Waals surface area contributed by atoms with Crippen LogP contribution in [0.1, 0.15) is 54.4 Å². The summed E-state index contributed by atoms with van der Waals surface area (Å²) < 4.78 is 3.03. The molecule has 0 saturated carbocycles. The zero-order chi connectivity index (χ0) is 15.8. The third kappa shape index (κ3) is 46.6. The maximum absolute atomic E-state index is 10.0. The van der Waals surface area contributed by atoms with Crippen LogP contribution in [0.15, 0.2) is 0 Å². The molecule has 0 aromatic carbocycles. The summed E-state index contributed by atoms with van der Waals surface area (Å²) in [6.07, 6.45) is 0.167. The Kier molecular flexibility index (Phi) is 21.7. The number of rotatable bonds is 6. The molecule has 4 nitrogen and oxygen atoms in total. The van der Waals surface area contributed by atoms with E-state index in [1.165, 1.54) is 36.6 Å². The van der Waals surface area contributed by atoms with Gasteiger partial charge in [-0.2, -0.15) is 0 Å². The van der Waals surface area contributed by atoms with Crippen LogP contribution in [0.25, 0.3) is 0 Å². The van der Waals surface area contributed by atoms with Crippen LogP contribution in [-0.4, -0.2) is 44.3 Å². The van der Waals surface area contributed by atoms with Gasteiger partial charge in [0.05, 0.1) is 12.8 Å². The molecule has 0 aliphatic carbocycles. The second kappa shape index (κ2) is 17.5. The Balaban J connectivity index is -0.000000206. The molecule has 0 aromatic heterocycles. The van der Waals surface area contributed by atoms with Crippen LogP contribution < -0.4 is 0 Å². The van der Waals surface area contributed by atoms with Crippen molar-refractivity contribution in [2.45, 2.75) is 63.3 Å². The number of Topliss-reactive ketones (excluding diaryl/α,β-unsaturated/α-hetero) is 4. The first-order valence-corrected chi connectivity index (χ1v) is 10.4. The third-order valence-electron chi connectivity index (χ3n) is 1.50. The van der Waals surface area contributed by atoms with Crippen molar-refractivity contribution in [1.29, 1.82) is 0 Å². The van der Waals surface area contributed by atoms with Crippen molar-refractivity contribution in [3.05, 3.63) is 0 Å². The van der Waals surface area contributed by atoms with E-state index in [-0.39, 0.29) is 57.1 Å². The Morgan fingerprint density at radius 3 is 0.842 bits per heavy atom. The van der Waals surface area contributed by atoms with Gasteiger partial charge in [0.2, 0.25) is 0 Å². The van der Waals surface area contributed by atoms with Gasteiger partial charge in [0.15, 0.2) is 0 Å². The van der Waals surface area contributed by atoms with Crippen LogP contribution in [0.3, 0.4) is 0 Å². The van der Waals surface area contributed by atoms with Gasteiger partial charge in [-0.3, -0.25) is 19.2 Å². The summed E-state index contributed by atoms with van der Waals surface area (Å²) >= 11 is 0.218. The van der Waals surface area contributed by atoms with E-state index in [1.54, 1.807) is 0 Å². The van der Waals surface area contributed by atoms with Crippen molar-refractivity contribution in [3.63, 3.8) is 0 Å². The fourth-order valence-electron chi connectivity index (χ4n) is 0.951. The van der Waals surface area contributed by atoms with Crippen LogP contribution >= 0.6 is 0 Å². The standard InChI is InChI=1S/2C5H8O2.2C2H5.Sn/c2*1-4(6)3-5(2)7;2*1-2;/h2*3H2,1-2H3;2*1H2,2H3;. The molecule has 0 aliphatic rings. The first-order valence-electron chi connectivity index (χ1n) is 6.35. The minimum absolute atomic E-state index is 0.0625. The molecule has 0 heterocycles. The molecule has 0 saturated heterocycles. The Hall–Kier alpha value is -0.521. The van der Waals surface area contributed by atoms with Crippen molar-refractivity contribution < 1.29 is 19.2 Å². The summed E-state index contributed by atoms with van der Waals surface area (Å²) in [5.41, 5.74) is 0. The summed E-state index contributed by atoms with van der Waals surface area (Å²) in [4.78, 5) is 40.1. The van der Waals surface area contributed by atoms with Crippen molar-refractivity contribution in [1.82, 2.24) is 0 Å². The van der Waals surface area contributed by atoms with Crippen molar-refractivity contribution in [2.24, 2.45) is 0 Å². The number of hydrogen-bond acceptors (Lipinski definition) is 4. The predicted molar refractivity (Wildman–Crippen MR) is 78.7 cm³/mol. The topological polar surface area (TPSA) is 68.3 Å². The Morgan fingerprint density at radius 2 is 0.842 bits per heavy atom. The Morgan fingerprint density at radius 1 is 0.632 bits per heavy atom. The molecule has 0 bridgehead atoms. The van der Waals surface area contributed by atoms with Crippen LogP contribution in [0.4, 0.5) is 0 Å². The van der Waals surface area contributed by atoms with Gasteiger partial charge in [0.1, 0.15) is 23.1 Å². The fourth-order valence-corrected chi connectivity index (χ4v) is 2.38. The van der Waals surface area contributed by atoms with E-state index in [4.69, 9.17) is 0 Å². The minimum atomic E-state index is -0.0625. The molecule has 0 rings (SSSR count). The van der Waals surface area contributed by atoms with E-state index >= 15 is 0 Å². The molecule has 0 atom stereocenters. The van der Waals surface area contributed by atoms with E-state index < -0.39 is 0 Å². The molecule has 0 spiro atoms. The monoisotopic (exact) mass is 378 g/mol. The molecule has 0 aromatic rings. The summed E-state index contributed by atoms with van der Waals surface area (Å²) in [7, 11) is 0. The average Bonchev–Trinajstić information content (AvgIpc) is 2.15. The molecular weight excluding hydrogens is 351 g/mol. The second-order valence-electron chi connectivity index (χ2n) is 4.12. The first kappa shape index (κ1) is 23.6. The molecule has 19 heavy (non-hydrogen) atoms. The summed E-state index contributed by atoms with van der Waals surface area (Å²) in [6.45, 7) is 10.2. The normalized spacial score (nSPS) is 8.32. The zero-order valence-corrected chi connectivity index (χ0v) is 15.8. The van der Waals surface area contributed by atoms with E-state index in [1.807, 2.05) is 0 Å². The number of carbonyl (C=O) groups excluding carboxylic acids is 4. The van der Waals surface area contributed by atoms with E-state index in [0.29, 0.717) is 0 Å². The summed E-state index contributed by atoms with van der Waals surface area (Å²) in [6, 6.07) is 0. The summed E-state index contributed by atoms with van der Waals surface area (Å²) in [5, 5.41) is 0. The van der Waals surface area contributed by atoms with Crippen molar-refractivity contribution in [2.75, 3.05) is 0 Å². The first-order chi connectivity index (χ1) is 8.67. The Bertz CT molecular complexity index is 233. The average molecular weight is 377 g/mol. The van der Waals surface area contributed by atoms with Crippen LogP contribution in [0.2, 0.25) is 8.87 Å². The second-order valence-corrected chi connectivity index (χ2v) is 9.58. The molecule has 5 heteroatoms. The van der Waals surface area contributed by atoms with Gasteiger partial charge in [-0.15, -0.1) is 0 Å². The molecule has 0 unspecified atom stereocenters. The van der Waals surface area contributed by atoms with Gasteiger partial charge >= 0.3 is 43.9 Å². The van der Waals surface area contributed by atoms with Gasteiger partial charge in [-0.1, -0.05) is 0 Å². The SMILES string of the molecule is CC(=O)CC(C)=O.CC(=O)CC(C)=O.C[CH2][Sn][CH2]C. The molecule has 0 fully saturated rings. The predicted octanol–water partition coefficient (Wildman–Crippen LogP) is 2.68. The van der Waals surface area contributed by atoms with Gasteiger partial charge in [0, 0.05) is 0 Å². The summed E-state index contributed by atoms with van der Waals surface area (Å²) in [5.74, 6) is -0.250. The molecule has 0 aliphatic heterocycles. The fraction of sp³-hybridized carbons (Fsp3) is 0.714. The van der Waals surface area contributed by atoms with Gasteiger partial charge in [0.25, 0.3) is 0 Å². The molecule has 2 radical (unpaired) electrons.